The summed E-state index contributed by atoms with van der Waals surface area (Å²) in [6.07, 6.45) is -4.80. The molecule has 0 radical (unpaired) electrons. The Morgan fingerprint density at radius 3 is 2.71 bits per heavy atom. The molecule has 2 aromatic carbocycles. The van der Waals surface area contributed by atoms with E-state index in [4.69, 9.17) is 5.73 Å². The Kier molecular flexibility index (Phi) is 5.73. The quantitative estimate of drug-likeness (QED) is 0.535. The van der Waals surface area contributed by atoms with Crippen molar-refractivity contribution in [3.8, 4) is 5.75 Å². The zero-order valence-corrected chi connectivity index (χ0v) is 15.0. The van der Waals surface area contributed by atoms with Gasteiger partial charge in [0.25, 0.3) is 5.91 Å². The molecule has 0 bridgehead atoms. The third kappa shape index (κ3) is 5.64. The number of alkyl halides is 3. The van der Waals surface area contributed by atoms with Gasteiger partial charge in [-0.1, -0.05) is 30.0 Å². The first kappa shape index (κ1) is 19.5. The lowest BCUT2D eigenvalue weighted by atomic mass is 10.1. The number of ether oxygens (including phenoxy) is 1. The number of thioether (sulfide) groups is 1. The van der Waals surface area contributed by atoms with Gasteiger partial charge in [0.05, 0.1) is 0 Å². The van der Waals surface area contributed by atoms with Crippen LogP contribution < -0.4 is 15.8 Å². The number of nitrogen functional groups attached to an aromatic ring is 1. The average Bonchev–Trinajstić information content (AvgIpc) is 3.04. The van der Waals surface area contributed by atoms with Crippen LogP contribution in [-0.2, 0) is 5.75 Å². The number of benzene rings is 2. The van der Waals surface area contributed by atoms with Gasteiger partial charge in [-0.05, 0) is 29.8 Å². The zero-order chi connectivity index (χ0) is 20.1. The molecule has 0 fully saturated rings. The van der Waals surface area contributed by atoms with Crippen molar-refractivity contribution < 1.29 is 22.7 Å². The molecular formula is C17H14F3N5O2S. The van der Waals surface area contributed by atoms with Gasteiger partial charge in [0.1, 0.15) is 5.75 Å². The highest BCUT2D eigenvalue weighted by molar-refractivity contribution is 7.98. The highest BCUT2D eigenvalue weighted by Gasteiger charge is 2.31. The second-order valence-electron chi connectivity index (χ2n) is 5.52. The summed E-state index contributed by atoms with van der Waals surface area (Å²) in [4.78, 5) is 16.4. The van der Waals surface area contributed by atoms with Gasteiger partial charge in [-0.3, -0.25) is 4.79 Å². The van der Waals surface area contributed by atoms with E-state index in [0.29, 0.717) is 16.5 Å². The van der Waals surface area contributed by atoms with Crippen LogP contribution in [0.2, 0.25) is 0 Å². The number of hydrogen-bond acceptors (Lipinski definition) is 6. The number of nitrogens with two attached hydrogens (primary N) is 1. The number of anilines is 2. The van der Waals surface area contributed by atoms with Crippen LogP contribution in [0.15, 0.2) is 53.7 Å². The van der Waals surface area contributed by atoms with Gasteiger partial charge in [-0.25, -0.2) is 5.10 Å². The molecule has 4 N–H and O–H groups in total. The maximum atomic E-state index is 12.4. The van der Waals surface area contributed by atoms with Gasteiger partial charge in [0.2, 0.25) is 11.1 Å². The number of H-pyrrole nitrogens is 1. The van der Waals surface area contributed by atoms with E-state index >= 15 is 0 Å². The Morgan fingerprint density at radius 2 is 2.00 bits per heavy atom. The molecule has 0 saturated carbocycles. The summed E-state index contributed by atoms with van der Waals surface area (Å²) in [7, 11) is 0. The standard InChI is InChI=1S/C17H14F3N5O2S/c18-17(19,20)27-13-6-2-5-12(8-13)22-14(26)11-4-1-3-10(7-11)9-28-16-23-15(21)24-25-16/h1-8H,9H2,(H,22,26)(H3,21,23,24,25). The summed E-state index contributed by atoms with van der Waals surface area (Å²) in [6, 6.07) is 11.9. The topological polar surface area (TPSA) is 106 Å². The van der Waals surface area contributed by atoms with Crippen molar-refractivity contribution >= 4 is 29.3 Å². The molecular weight excluding hydrogens is 395 g/mol. The van der Waals surface area contributed by atoms with E-state index in [0.717, 1.165) is 17.7 Å². The van der Waals surface area contributed by atoms with E-state index in [1.165, 1.54) is 23.9 Å². The largest absolute Gasteiger partial charge is 0.573 e. The van der Waals surface area contributed by atoms with Crippen LogP contribution in [0.3, 0.4) is 0 Å². The molecule has 0 atom stereocenters. The van der Waals surface area contributed by atoms with E-state index in [1.54, 1.807) is 18.2 Å². The van der Waals surface area contributed by atoms with Gasteiger partial charge in [0.15, 0.2) is 0 Å². The molecule has 1 amide bonds. The molecule has 0 aliphatic rings. The van der Waals surface area contributed by atoms with Crippen molar-refractivity contribution in [3.05, 3.63) is 59.7 Å². The number of carbonyl (C=O) groups excluding carboxylic acids is 1. The second-order valence-corrected chi connectivity index (χ2v) is 6.46. The zero-order valence-electron chi connectivity index (χ0n) is 14.2. The lowest BCUT2D eigenvalue weighted by molar-refractivity contribution is -0.274. The van der Waals surface area contributed by atoms with Gasteiger partial charge >= 0.3 is 6.36 Å². The fourth-order valence-electron chi connectivity index (χ4n) is 2.25. The summed E-state index contributed by atoms with van der Waals surface area (Å²) in [6.45, 7) is 0. The highest BCUT2D eigenvalue weighted by Crippen LogP contribution is 2.25. The number of carbonyl (C=O) groups is 1. The first-order valence-corrected chi connectivity index (χ1v) is 8.84. The Morgan fingerprint density at radius 1 is 1.21 bits per heavy atom. The normalized spacial score (nSPS) is 11.2. The Hall–Kier alpha value is -3.21. The molecule has 0 aliphatic carbocycles. The number of amides is 1. The minimum atomic E-state index is -4.80. The highest BCUT2D eigenvalue weighted by atomic mass is 32.2. The molecule has 146 valence electrons. The van der Waals surface area contributed by atoms with E-state index in [-0.39, 0.29) is 11.6 Å². The van der Waals surface area contributed by atoms with Crippen LogP contribution in [0, 0.1) is 0 Å². The maximum absolute atomic E-state index is 12.4. The van der Waals surface area contributed by atoms with Gasteiger partial charge in [-0.2, -0.15) is 4.98 Å². The van der Waals surface area contributed by atoms with Crippen LogP contribution in [0.1, 0.15) is 15.9 Å². The minimum absolute atomic E-state index is 0.183. The minimum Gasteiger partial charge on any atom is -0.406 e. The number of hydrogen-bond donors (Lipinski definition) is 3. The summed E-state index contributed by atoms with van der Waals surface area (Å²) in [5.74, 6) is -0.153. The summed E-state index contributed by atoms with van der Waals surface area (Å²) in [5.41, 5.74) is 6.84. The summed E-state index contributed by atoms with van der Waals surface area (Å²) in [5, 5.41) is 9.47. The van der Waals surface area contributed by atoms with Gasteiger partial charge in [-0.15, -0.1) is 18.3 Å². The van der Waals surface area contributed by atoms with Crippen LogP contribution in [0.4, 0.5) is 24.8 Å². The van der Waals surface area contributed by atoms with Crippen LogP contribution in [0.5, 0.6) is 5.75 Å². The SMILES string of the molecule is Nc1nc(SCc2cccc(C(=O)Nc3cccc(OC(F)(F)F)c3)c2)n[nH]1. The third-order valence-corrected chi connectivity index (χ3v) is 4.28. The molecule has 3 rings (SSSR count). The molecule has 0 saturated heterocycles. The monoisotopic (exact) mass is 409 g/mol. The predicted octanol–water partition coefficient (Wildman–Crippen LogP) is 3.83. The van der Waals surface area contributed by atoms with Crippen molar-refractivity contribution in [2.75, 3.05) is 11.1 Å². The van der Waals surface area contributed by atoms with Crippen molar-refractivity contribution in [1.82, 2.24) is 15.2 Å². The third-order valence-electron chi connectivity index (χ3n) is 3.36. The average molecular weight is 409 g/mol. The lowest BCUT2D eigenvalue weighted by Gasteiger charge is -2.11. The second kappa shape index (κ2) is 8.21. The molecule has 1 heterocycles. The van der Waals surface area contributed by atoms with E-state index in [2.05, 4.69) is 25.2 Å². The number of nitrogens with zero attached hydrogens (tertiary/aromatic N) is 2. The van der Waals surface area contributed by atoms with Gasteiger partial charge < -0.3 is 15.8 Å². The fourth-order valence-corrected chi connectivity index (χ4v) is 3.00. The van der Waals surface area contributed by atoms with Crippen LogP contribution in [0.25, 0.3) is 0 Å². The van der Waals surface area contributed by atoms with Crippen LogP contribution in [-0.4, -0.2) is 27.5 Å². The molecule has 3 aromatic rings. The Bertz CT molecular complexity index is 977. The Balaban J connectivity index is 1.65. The molecule has 7 nitrogen and oxygen atoms in total. The number of halogens is 3. The molecule has 0 spiro atoms. The van der Waals surface area contributed by atoms with Crippen molar-refractivity contribution in [2.24, 2.45) is 0 Å². The maximum Gasteiger partial charge on any atom is 0.573 e. The first-order valence-electron chi connectivity index (χ1n) is 7.85. The summed E-state index contributed by atoms with van der Waals surface area (Å²) >= 11 is 1.34. The van der Waals surface area contributed by atoms with Gasteiger partial charge in [0, 0.05) is 23.1 Å². The van der Waals surface area contributed by atoms with E-state index in [1.807, 2.05) is 6.07 Å². The van der Waals surface area contributed by atoms with Crippen molar-refractivity contribution in [2.45, 2.75) is 17.3 Å². The van der Waals surface area contributed by atoms with Crippen molar-refractivity contribution in [3.63, 3.8) is 0 Å². The number of aromatic nitrogens is 3. The van der Waals surface area contributed by atoms with E-state index < -0.39 is 18.0 Å². The molecule has 1 aromatic heterocycles. The van der Waals surface area contributed by atoms with Crippen LogP contribution >= 0.6 is 11.8 Å². The first-order chi connectivity index (χ1) is 13.3. The fraction of sp³-hybridized carbons (Fsp3) is 0.118. The number of rotatable bonds is 6. The van der Waals surface area contributed by atoms with E-state index in [9.17, 15) is 18.0 Å². The van der Waals surface area contributed by atoms with Crippen molar-refractivity contribution in [1.29, 1.82) is 0 Å². The number of nitrogens with one attached hydrogen (secondary N) is 2. The molecule has 0 unspecified atom stereocenters. The molecule has 28 heavy (non-hydrogen) atoms. The number of aromatic amines is 1. The summed E-state index contributed by atoms with van der Waals surface area (Å²) < 4.78 is 40.8. The smallest absolute Gasteiger partial charge is 0.406 e. The Labute approximate surface area is 161 Å². The molecule has 0 aliphatic heterocycles. The lowest BCUT2D eigenvalue weighted by Crippen LogP contribution is -2.17. The molecule has 11 heteroatoms. The predicted molar refractivity (Wildman–Crippen MR) is 97.9 cm³/mol.